The molecule has 0 spiro atoms. The van der Waals surface area contributed by atoms with Crippen molar-refractivity contribution in [2.24, 2.45) is 0 Å². The molecule has 1 heterocycles. The standard InChI is InChI=1S/C14H13BrClNO2S/c1-17(7-11-5-9(15)8-20-11)14(18)12-4-3-10(16)6-13(12)19-2/h3-6,8H,7H2,1-2H3. The Kier molecular flexibility index (Phi) is 5.07. The van der Waals surface area contributed by atoms with Crippen molar-refractivity contribution in [1.29, 1.82) is 0 Å². The topological polar surface area (TPSA) is 29.5 Å². The van der Waals surface area contributed by atoms with Gasteiger partial charge in [-0.2, -0.15) is 0 Å². The molecule has 0 aliphatic heterocycles. The molecule has 106 valence electrons. The Labute approximate surface area is 135 Å². The van der Waals surface area contributed by atoms with E-state index in [1.807, 2.05) is 11.4 Å². The molecule has 0 saturated carbocycles. The number of carbonyl (C=O) groups is 1. The van der Waals surface area contributed by atoms with E-state index in [0.29, 0.717) is 22.9 Å². The molecule has 1 aromatic carbocycles. The molecular formula is C14H13BrClNO2S. The van der Waals surface area contributed by atoms with Crippen molar-refractivity contribution in [2.75, 3.05) is 14.2 Å². The van der Waals surface area contributed by atoms with Crippen molar-refractivity contribution in [3.05, 3.63) is 49.6 Å². The molecule has 0 unspecified atom stereocenters. The highest BCUT2D eigenvalue weighted by Gasteiger charge is 2.17. The maximum absolute atomic E-state index is 12.4. The summed E-state index contributed by atoms with van der Waals surface area (Å²) in [6.45, 7) is 0.556. The third-order valence-electron chi connectivity index (χ3n) is 2.76. The molecule has 1 amide bonds. The molecule has 6 heteroatoms. The average molecular weight is 375 g/mol. The zero-order valence-electron chi connectivity index (χ0n) is 11.0. The molecule has 2 aromatic rings. The normalized spacial score (nSPS) is 10.4. The number of nitrogens with zero attached hydrogens (tertiary/aromatic N) is 1. The van der Waals surface area contributed by atoms with Crippen LogP contribution in [0.25, 0.3) is 0 Å². The van der Waals surface area contributed by atoms with Crippen LogP contribution in [0.5, 0.6) is 5.75 Å². The van der Waals surface area contributed by atoms with Crippen molar-refractivity contribution in [3.63, 3.8) is 0 Å². The van der Waals surface area contributed by atoms with Crippen molar-refractivity contribution >= 4 is 44.8 Å². The lowest BCUT2D eigenvalue weighted by molar-refractivity contribution is 0.0783. The summed E-state index contributed by atoms with van der Waals surface area (Å²) in [5.74, 6) is 0.393. The monoisotopic (exact) mass is 373 g/mol. The van der Waals surface area contributed by atoms with Gasteiger partial charge in [0.2, 0.25) is 0 Å². The number of halogens is 2. The van der Waals surface area contributed by atoms with Crippen LogP contribution in [0.3, 0.4) is 0 Å². The van der Waals surface area contributed by atoms with Crippen LogP contribution in [0.4, 0.5) is 0 Å². The van der Waals surface area contributed by atoms with Crippen molar-refractivity contribution in [1.82, 2.24) is 4.90 Å². The van der Waals surface area contributed by atoms with Crippen molar-refractivity contribution < 1.29 is 9.53 Å². The highest BCUT2D eigenvalue weighted by Crippen LogP contribution is 2.26. The number of ether oxygens (including phenoxy) is 1. The summed E-state index contributed by atoms with van der Waals surface area (Å²) in [7, 11) is 3.29. The summed E-state index contributed by atoms with van der Waals surface area (Å²) >= 11 is 10.9. The molecule has 3 nitrogen and oxygen atoms in total. The maximum Gasteiger partial charge on any atom is 0.257 e. The minimum atomic E-state index is -0.0944. The maximum atomic E-state index is 12.4. The second-order valence-electron chi connectivity index (χ2n) is 4.24. The molecule has 0 atom stereocenters. The number of hydrogen-bond donors (Lipinski definition) is 0. The third-order valence-corrected chi connectivity index (χ3v) is 4.67. The van der Waals surface area contributed by atoms with Crippen LogP contribution in [0, 0.1) is 0 Å². The van der Waals surface area contributed by atoms with Gasteiger partial charge in [0.1, 0.15) is 5.75 Å². The van der Waals surface area contributed by atoms with Gasteiger partial charge in [-0.05, 0) is 40.2 Å². The highest BCUT2D eigenvalue weighted by molar-refractivity contribution is 9.10. The van der Waals surface area contributed by atoms with Gasteiger partial charge in [0, 0.05) is 26.8 Å². The first-order valence-electron chi connectivity index (χ1n) is 5.83. The molecule has 0 N–H and O–H groups in total. The summed E-state index contributed by atoms with van der Waals surface area (Å²) in [6.07, 6.45) is 0. The van der Waals surface area contributed by atoms with Gasteiger partial charge in [0.25, 0.3) is 5.91 Å². The smallest absolute Gasteiger partial charge is 0.257 e. The minimum Gasteiger partial charge on any atom is -0.496 e. The summed E-state index contributed by atoms with van der Waals surface area (Å²) in [6, 6.07) is 7.02. The van der Waals surface area contributed by atoms with Gasteiger partial charge >= 0.3 is 0 Å². The molecule has 2 rings (SSSR count). The van der Waals surface area contributed by atoms with Crippen molar-refractivity contribution in [3.8, 4) is 5.75 Å². The van der Waals surface area contributed by atoms with Gasteiger partial charge in [-0.15, -0.1) is 11.3 Å². The van der Waals surface area contributed by atoms with Crippen LogP contribution >= 0.6 is 38.9 Å². The Morgan fingerprint density at radius 2 is 2.20 bits per heavy atom. The fraction of sp³-hybridized carbons (Fsp3) is 0.214. The molecule has 0 fully saturated rings. The number of hydrogen-bond acceptors (Lipinski definition) is 3. The summed E-state index contributed by atoms with van der Waals surface area (Å²) in [5.41, 5.74) is 0.509. The second kappa shape index (κ2) is 6.61. The molecule has 1 aromatic heterocycles. The predicted molar refractivity (Wildman–Crippen MR) is 85.8 cm³/mol. The lowest BCUT2D eigenvalue weighted by Gasteiger charge is -2.18. The first-order chi connectivity index (χ1) is 9.51. The predicted octanol–water partition coefficient (Wildman–Crippen LogP) is 4.44. The summed E-state index contributed by atoms with van der Waals surface area (Å²) < 4.78 is 6.24. The van der Waals surface area contributed by atoms with Crippen LogP contribution in [-0.4, -0.2) is 25.0 Å². The van der Waals surface area contributed by atoms with Crippen LogP contribution < -0.4 is 4.74 Å². The van der Waals surface area contributed by atoms with E-state index in [4.69, 9.17) is 16.3 Å². The number of thiophene rings is 1. The lowest BCUT2D eigenvalue weighted by Crippen LogP contribution is -2.26. The second-order valence-corrected chi connectivity index (χ2v) is 6.58. The van der Waals surface area contributed by atoms with Crippen LogP contribution in [0.1, 0.15) is 15.2 Å². The van der Waals surface area contributed by atoms with E-state index in [2.05, 4.69) is 15.9 Å². The number of rotatable bonds is 4. The fourth-order valence-electron chi connectivity index (χ4n) is 1.79. The van der Waals surface area contributed by atoms with E-state index >= 15 is 0 Å². The van der Waals surface area contributed by atoms with Gasteiger partial charge in [-0.1, -0.05) is 11.6 Å². The molecule has 0 saturated heterocycles. The van der Waals surface area contributed by atoms with Gasteiger partial charge in [0.15, 0.2) is 0 Å². The van der Waals surface area contributed by atoms with Crippen LogP contribution in [-0.2, 0) is 6.54 Å². The summed E-state index contributed by atoms with van der Waals surface area (Å²) in [5, 5.41) is 2.54. The van der Waals surface area contributed by atoms with Gasteiger partial charge in [-0.25, -0.2) is 0 Å². The summed E-state index contributed by atoms with van der Waals surface area (Å²) in [4.78, 5) is 15.2. The Morgan fingerprint density at radius 1 is 1.45 bits per heavy atom. The Balaban J connectivity index is 2.18. The van der Waals surface area contributed by atoms with E-state index in [1.165, 1.54) is 7.11 Å². The molecule has 0 aliphatic carbocycles. The Hall–Kier alpha value is -1.04. The van der Waals surface area contributed by atoms with E-state index < -0.39 is 0 Å². The van der Waals surface area contributed by atoms with Gasteiger partial charge in [-0.3, -0.25) is 4.79 Å². The van der Waals surface area contributed by atoms with E-state index in [0.717, 1.165) is 9.35 Å². The molecular weight excluding hydrogens is 362 g/mol. The van der Waals surface area contributed by atoms with E-state index in [9.17, 15) is 4.79 Å². The largest absolute Gasteiger partial charge is 0.496 e. The number of methoxy groups -OCH3 is 1. The first-order valence-corrected chi connectivity index (χ1v) is 7.88. The Bertz CT molecular complexity index is 629. The fourth-order valence-corrected chi connectivity index (χ4v) is 3.46. The number of amides is 1. The minimum absolute atomic E-state index is 0.0944. The molecule has 0 aliphatic rings. The SMILES string of the molecule is COc1cc(Cl)ccc1C(=O)N(C)Cc1cc(Br)cs1. The lowest BCUT2D eigenvalue weighted by atomic mass is 10.1. The molecule has 0 bridgehead atoms. The van der Waals surface area contributed by atoms with Crippen LogP contribution in [0.15, 0.2) is 34.1 Å². The Morgan fingerprint density at radius 3 is 2.80 bits per heavy atom. The third kappa shape index (κ3) is 3.53. The van der Waals surface area contributed by atoms with Crippen molar-refractivity contribution in [2.45, 2.75) is 6.54 Å². The number of benzene rings is 1. The molecule has 20 heavy (non-hydrogen) atoms. The highest BCUT2D eigenvalue weighted by atomic mass is 79.9. The zero-order valence-corrected chi connectivity index (χ0v) is 14.2. The van der Waals surface area contributed by atoms with E-state index in [-0.39, 0.29) is 5.91 Å². The quantitative estimate of drug-likeness (QED) is 0.791. The van der Waals surface area contributed by atoms with Gasteiger partial charge < -0.3 is 9.64 Å². The molecule has 0 radical (unpaired) electrons. The number of carbonyl (C=O) groups excluding carboxylic acids is 1. The van der Waals surface area contributed by atoms with Crippen LogP contribution in [0.2, 0.25) is 5.02 Å². The van der Waals surface area contributed by atoms with Gasteiger partial charge in [0.05, 0.1) is 19.2 Å². The average Bonchev–Trinajstić information content (AvgIpc) is 2.83. The first kappa shape index (κ1) is 15.4. The zero-order chi connectivity index (χ0) is 14.7. The van der Waals surface area contributed by atoms with E-state index in [1.54, 1.807) is 41.5 Å².